The van der Waals surface area contributed by atoms with Gasteiger partial charge in [-0.15, -0.1) is 0 Å². The lowest BCUT2D eigenvalue weighted by Crippen LogP contribution is -2.45. The maximum absolute atomic E-state index is 13.6. The molecule has 1 aromatic carbocycles. The number of aryl methyl sites for hydroxylation is 1. The summed E-state index contributed by atoms with van der Waals surface area (Å²) in [4.78, 5) is 0.125. The Labute approximate surface area is 112 Å². The van der Waals surface area contributed by atoms with Gasteiger partial charge in [-0.3, -0.25) is 4.18 Å². The van der Waals surface area contributed by atoms with Crippen LogP contribution in [0.2, 0.25) is 0 Å². The molecule has 1 heterocycles. The normalized spacial score (nSPS) is 18.0. The molecule has 0 bridgehead atoms. The van der Waals surface area contributed by atoms with Crippen LogP contribution in [0.1, 0.15) is 18.4 Å². The van der Waals surface area contributed by atoms with Crippen molar-refractivity contribution in [3.63, 3.8) is 0 Å². The summed E-state index contributed by atoms with van der Waals surface area (Å²) in [6.45, 7) is 2.05. The molecule has 0 spiro atoms. The van der Waals surface area contributed by atoms with Gasteiger partial charge in [-0.05, 0) is 31.9 Å². The third-order valence-corrected chi connectivity index (χ3v) is 4.37. The predicted octanol–water partition coefficient (Wildman–Crippen LogP) is 2.22. The zero-order chi connectivity index (χ0) is 13.9. The van der Waals surface area contributed by atoms with Gasteiger partial charge in [0, 0.05) is 0 Å². The molecule has 1 aromatic rings. The third kappa shape index (κ3) is 3.75. The fourth-order valence-corrected chi connectivity index (χ4v) is 2.74. The summed E-state index contributed by atoms with van der Waals surface area (Å²) in [6, 6.07) is 6.42. The Hall–Kier alpha value is -0.980. The molecule has 1 fully saturated rings. The molecular formula is C13H17FO4S. The zero-order valence-electron chi connectivity index (χ0n) is 10.8. The molecule has 0 unspecified atom stereocenters. The Bertz CT molecular complexity index is 520. The first-order valence-electron chi connectivity index (χ1n) is 6.14. The second-order valence-corrected chi connectivity index (χ2v) is 6.45. The van der Waals surface area contributed by atoms with E-state index < -0.39 is 15.8 Å². The van der Waals surface area contributed by atoms with Gasteiger partial charge in [-0.2, -0.15) is 8.42 Å². The molecule has 1 aliphatic heterocycles. The number of hydrogen-bond acceptors (Lipinski definition) is 4. The minimum atomic E-state index is -3.74. The summed E-state index contributed by atoms with van der Waals surface area (Å²) >= 11 is 0. The largest absolute Gasteiger partial charge is 0.375 e. The average molecular weight is 288 g/mol. The lowest BCUT2D eigenvalue weighted by Gasteiger charge is -2.33. The van der Waals surface area contributed by atoms with Gasteiger partial charge in [-0.1, -0.05) is 17.7 Å². The van der Waals surface area contributed by atoms with Gasteiger partial charge >= 0.3 is 0 Å². The lowest BCUT2D eigenvalue weighted by molar-refractivity contribution is -0.134. The van der Waals surface area contributed by atoms with Crippen LogP contribution in [-0.4, -0.2) is 33.9 Å². The Morgan fingerprint density at radius 2 is 1.95 bits per heavy atom. The number of alkyl halides is 1. The monoisotopic (exact) mass is 288 g/mol. The van der Waals surface area contributed by atoms with Crippen molar-refractivity contribution >= 4 is 10.1 Å². The van der Waals surface area contributed by atoms with Crippen LogP contribution in [0.25, 0.3) is 0 Å². The van der Waals surface area contributed by atoms with E-state index in [4.69, 9.17) is 8.92 Å². The molecule has 4 nitrogen and oxygen atoms in total. The maximum atomic E-state index is 13.6. The smallest absolute Gasteiger partial charge is 0.296 e. The Morgan fingerprint density at radius 1 is 1.32 bits per heavy atom. The molecule has 19 heavy (non-hydrogen) atoms. The average Bonchev–Trinajstić information content (AvgIpc) is 2.33. The number of hydrogen-bond donors (Lipinski definition) is 0. The van der Waals surface area contributed by atoms with E-state index in [0.29, 0.717) is 6.42 Å². The molecule has 0 aromatic heterocycles. The first kappa shape index (κ1) is 14.4. The van der Waals surface area contributed by atoms with Gasteiger partial charge in [0.2, 0.25) is 0 Å². The van der Waals surface area contributed by atoms with Crippen molar-refractivity contribution in [2.75, 3.05) is 19.8 Å². The minimum Gasteiger partial charge on any atom is -0.375 e. The number of rotatable bonds is 6. The molecule has 0 atom stereocenters. The maximum Gasteiger partial charge on any atom is 0.296 e. The fourth-order valence-electron chi connectivity index (χ4n) is 1.80. The topological polar surface area (TPSA) is 52.6 Å². The fraction of sp³-hybridized carbons (Fsp3) is 0.538. The van der Waals surface area contributed by atoms with E-state index >= 15 is 0 Å². The van der Waals surface area contributed by atoms with Crippen LogP contribution >= 0.6 is 0 Å². The molecule has 0 saturated carbocycles. The minimum absolute atomic E-state index is 0.0120. The van der Waals surface area contributed by atoms with Crippen LogP contribution in [0, 0.1) is 6.92 Å². The third-order valence-electron chi connectivity index (χ3n) is 3.04. The summed E-state index contributed by atoms with van der Waals surface area (Å²) < 4.78 is 46.9. The molecule has 0 amide bonds. The van der Waals surface area contributed by atoms with Gasteiger partial charge in [0.05, 0.1) is 24.7 Å². The highest BCUT2D eigenvalue weighted by Gasteiger charge is 2.37. The van der Waals surface area contributed by atoms with E-state index in [-0.39, 0.29) is 31.1 Å². The second-order valence-electron chi connectivity index (χ2n) is 4.84. The standard InChI is InChI=1S/C13H17FO4S/c1-11-3-5-12(6-4-11)19(15,16)18-8-2-7-13(14)9-17-10-13/h3-6H,2,7-10H2,1H3. The second kappa shape index (κ2) is 5.56. The first-order valence-corrected chi connectivity index (χ1v) is 7.55. The quantitative estimate of drug-likeness (QED) is 0.595. The molecule has 6 heteroatoms. The van der Waals surface area contributed by atoms with Crippen LogP contribution < -0.4 is 0 Å². The van der Waals surface area contributed by atoms with E-state index in [1.165, 1.54) is 12.1 Å². The van der Waals surface area contributed by atoms with Gasteiger partial charge in [0.15, 0.2) is 5.67 Å². The highest BCUT2D eigenvalue weighted by molar-refractivity contribution is 7.86. The van der Waals surface area contributed by atoms with Crippen LogP contribution in [0.15, 0.2) is 29.2 Å². The predicted molar refractivity (Wildman–Crippen MR) is 68.2 cm³/mol. The highest BCUT2D eigenvalue weighted by atomic mass is 32.2. The summed E-state index contributed by atoms with van der Waals surface area (Å²) in [5.74, 6) is 0. The van der Waals surface area contributed by atoms with E-state index in [1.807, 2.05) is 6.92 Å². The lowest BCUT2D eigenvalue weighted by atomic mass is 9.98. The molecule has 106 valence electrons. The van der Waals surface area contributed by atoms with Gasteiger partial charge in [-0.25, -0.2) is 4.39 Å². The molecule has 0 N–H and O–H groups in total. The zero-order valence-corrected chi connectivity index (χ0v) is 11.6. The number of halogens is 1. The SMILES string of the molecule is Cc1ccc(S(=O)(=O)OCCCC2(F)COC2)cc1. The van der Waals surface area contributed by atoms with Crippen molar-refractivity contribution in [3.8, 4) is 0 Å². The summed E-state index contributed by atoms with van der Waals surface area (Å²) in [6.07, 6.45) is 0.612. The summed E-state index contributed by atoms with van der Waals surface area (Å²) in [7, 11) is -3.74. The van der Waals surface area contributed by atoms with E-state index in [9.17, 15) is 12.8 Å². The van der Waals surface area contributed by atoms with Crippen molar-refractivity contribution < 1.29 is 21.7 Å². The molecule has 1 saturated heterocycles. The van der Waals surface area contributed by atoms with Gasteiger partial charge in [0.1, 0.15) is 0 Å². The van der Waals surface area contributed by atoms with Crippen molar-refractivity contribution in [3.05, 3.63) is 29.8 Å². The Morgan fingerprint density at radius 3 is 2.47 bits per heavy atom. The van der Waals surface area contributed by atoms with Crippen LogP contribution in [0.5, 0.6) is 0 Å². The molecule has 2 rings (SSSR count). The number of benzene rings is 1. The van der Waals surface area contributed by atoms with Crippen LogP contribution in [0.3, 0.4) is 0 Å². The molecule has 0 radical (unpaired) electrons. The van der Waals surface area contributed by atoms with E-state index in [0.717, 1.165) is 5.56 Å². The number of ether oxygens (including phenoxy) is 1. The van der Waals surface area contributed by atoms with Crippen molar-refractivity contribution in [2.24, 2.45) is 0 Å². The summed E-state index contributed by atoms with van der Waals surface area (Å²) in [5.41, 5.74) is -0.319. The van der Waals surface area contributed by atoms with E-state index in [1.54, 1.807) is 12.1 Å². The van der Waals surface area contributed by atoms with Crippen molar-refractivity contribution in [1.29, 1.82) is 0 Å². The van der Waals surface area contributed by atoms with Crippen molar-refractivity contribution in [2.45, 2.75) is 30.3 Å². The van der Waals surface area contributed by atoms with Crippen LogP contribution in [0.4, 0.5) is 4.39 Å². The van der Waals surface area contributed by atoms with Crippen molar-refractivity contribution in [1.82, 2.24) is 0 Å². The Balaban J connectivity index is 1.82. The molecular weight excluding hydrogens is 271 g/mol. The Kier molecular flexibility index (Phi) is 4.23. The van der Waals surface area contributed by atoms with E-state index in [2.05, 4.69) is 0 Å². The molecule has 0 aliphatic carbocycles. The molecule has 1 aliphatic rings. The van der Waals surface area contributed by atoms with Gasteiger partial charge in [0.25, 0.3) is 10.1 Å². The first-order chi connectivity index (χ1) is 8.91. The van der Waals surface area contributed by atoms with Crippen LogP contribution in [-0.2, 0) is 19.0 Å². The van der Waals surface area contributed by atoms with Gasteiger partial charge < -0.3 is 4.74 Å². The summed E-state index contributed by atoms with van der Waals surface area (Å²) in [5, 5.41) is 0. The highest BCUT2D eigenvalue weighted by Crippen LogP contribution is 2.27.